The average molecular weight is 309 g/mol. The molecule has 0 bridgehead atoms. The number of aliphatic carboxylic acids is 1. The van der Waals surface area contributed by atoms with Crippen molar-refractivity contribution in [2.45, 2.75) is 36.1 Å². The number of benzene rings is 1. The Labute approximate surface area is 128 Å². The normalized spacial score (nSPS) is 15.9. The SMILES string of the molecule is COc1cccc(SCC(=O)NC2(CC(=O)O)CCC2)c1. The van der Waals surface area contributed by atoms with Crippen LogP contribution < -0.4 is 10.1 Å². The molecule has 1 saturated carbocycles. The van der Waals surface area contributed by atoms with Gasteiger partial charge in [0.2, 0.25) is 5.91 Å². The number of hydrogen-bond donors (Lipinski definition) is 2. The van der Waals surface area contributed by atoms with Crippen LogP contribution in [0.2, 0.25) is 0 Å². The highest BCUT2D eigenvalue weighted by Gasteiger charge is 2.40. The van der Waals surface area contributed by atoms with E-state index in [1.54, 1.807) is 7.11 Å². The number of thioether (sulfide) groups is 1. The van der Waals surface area contributed by atoms with E-state index in [4.69, 9.17) is 9.84 Å². The molecule has 0 aromatic heterocycles. The molecule has 1 aromatic carbocycles. The minimum absolute atomic E-state index is 0.00255. The van der Waals surface area contributed by atoms with E-state index in [0.29, 0.717) is 0 Å². The van der Waals surface area contributed by atoms with Gasteiger partial charge in [0.15, 0.2) is 0 Å². The second-order valence-corrected chi connectivity index (χ2v) is 6.27. The fourth-order valence-corrected chi connectivity index (χ4v) is 3.15. The number of nitrogens with one attached hydrogen (secondary N) is 1. The van der Waals surface area contributed by atoms with Gasteiger partial charge in [-0.05, 0) is 37.5 Å². The van der Waals surface area contributed by atoms with Crippen LogP contribution in [0.1, 0.15) is 25.7 Å². The topological polar surface area (TPSA) is 75.6 Å². The van der Waals surface area contributed by atoms with E-state index in [9.17, 15) is 9.59 Å². The molecule has 21 heavy (non-hydrogen) atoms. The standard InChI is InChI=1S/C15H19NO4S/c1-20-11-4-2-5-12(8-11)21-10-13(17)16-15(6-3-7-15)9-14(18)19/h2,4-5,8H,3,6-7,9-10H2,1H3,(H,16,17)(H,18,19). The first-order valence-corrected chi connectivity index (χ1v) is 7.81. The molecule has 0 atom stereocenters. The van der Waals surface area contributed by atoms with E-state index < -0.39 is 11.5 Å². The number of amides is 1. The molecule has 1 aliphatic rings. The fourth-order valence-electron chi connectivity index (χ4n) is 2.41. The maximum Gasteiger partial charge on any atom is 0.305 e. The Hall–Kier alpha value is -1.69. The molecule has 1 fully saturated rings. The molecule has 5 nitrogen and oxygen atoms in total. The number of carboxylic acids is 1. The van der Waals surface area contributed by atoms with Gasteiger partial charge >= 0.3 is 5.97 Å². The molecule has 1 aliphatic carbocycles. The summed E-state index contributed by atoms with van der Waals surface area (Å²) in [6.07, 6.45) is 2.46. The van der Waals surface area contributed by atoms with Gasteiger partial charge in [0.05, 0.1) is 24.8 Å². The Morgan fingerprint density at radius 2 is 2.19 bits per heavy atom. The van der Waals surface area contributed by atoms with E-state index in [1.165, 1.54) is 11.8 Å². The third-order valence-electron chi connectivity index (χ3n) is 3.62. The van der Waals surface area contributed by atoms with Crippen LogP contribution in [0.15, 0.2) is 29.2 Å². The van der Waals surface area contributed by atoms with Crippen molar-refractivity contribution < 1.29 is 19.4 Å². The first-order chi connectivity index (χ1) is 10.0. The van der Waals surface area contributed by atoms with Crippen LogP contribution in [0, 0.1) is 0 Å². The Balaban J connectivity index is 1.85. The van der Waals surface area contributed by atoms with Crippen molar-refractivity contribution in [1.29, 1.82) is 0 Å². The average Bonchev–Trinajstić information content (AvgIpc) is 2.42. The summed E-state index contributed by atoms with van der Waals surface area (Å²) in [7, 11) is 1.60. The zero-order valence-corrected chi connectivity index (χ0v) is 12.7. The Morgan fingerprint density at radius 1 is 1.43 bits per heavy atom. The smallest absolute Gasteiger partial charge is 0.305 e. The van der Waals surface area contributed by atoms with Crippen LogP contribution in [0.3, 0.4) is 0 Å². The summed E-state index contributed by atoms with van der Waals surface area (Å²) in [5, 5.41) is 11.8. The Morgan fingerprint density at radius 3 is 2.76 bits per heavy atom. The first kappa shape index (κ1) is 15.7. The lowest BCUT2D eigenvalue weighted by atomic mass is 9.74. The molecule has 2 rings (SSSR count). The van der Waals surface area contributed by atoms with Gasteiger partial charge in [-0.15, -0.1) is 11.8 Å². The van der Waals surface area contributed by atoms with Crippen LogP contribution in [-0.2, 0) is 9.59 Å². The van der Waals surface area contributed by atoms with Crippen molar-refractivity contribution in [3.05, 3.63) is 24.3 Å². The van der Waals surface area contributed by atoms with Crippen LogP contribution in [0.25, 0.3) is 0 Å². The van der Waals surface area contributed by atoms with E-state index in [1.807, 2.05) is 24.3 Å². The van der Waals surface area contributed by atoms with Gasteiger partial charge in [0, 0.05) is 4.90 Å². The molecule has 2 N–H and O–H groups in total. The largest absolute Gasteiger partial charge is 0.497 e. The lowest BCUT2D eigenvalue weighted by Gasteiger charge is -2.41. The summed E-state index contributed by atoms with van der Waals surface area (Å²) >= 11 is 1.41. The summed E-state index contributed by atoms with van der Waals surface area (Å²) in [6, 6.07) is 7.50. The predicted molar refractivity (Wildman–Crippen MR) is 80.7 cm³/mol. The van der Waals surface area contributed by atoms with Crippen molar-refractivity contribution in [2.24, 2.45) is 0 Å². The van der Waals surface area contributed by atoms with E-state index in [0.717, 1.165) is 29.9 Å². The molecule has 0 heterocycles. The summed E-state index contributed by atoms with van der Waals surface area (Å²) in [4.78, 5) is 23.8. The molecule has 0 saturated heterocycles. The molecule has 1 amide bonds. The van der Waals surface area contributed by atoms with Crippen LogP contribution >= 0.6 is 11.8 Å². The summed E-state index contributed by atoms with van der Waals surface area (Å²) in [6.45, 7) is 0. The summed E-state index contributed by atoms with van der Waals surface area (Å²) in [5.41, 5.74) is -0.530. The number of carbonyl (C=O) groups excluding carboxylic acids is 1. The van der Waals surface area contributed by atoms with Crippen molar-refractivity contribution >= 4 is 23.6 Å². The molecule has 0 aliphatic heterocycles. The molecule has 0 spiro atoms. The minimum Gasteiger partial charge on any atom is -0.497 e. The van der Waals surface area contributed by atoms with E-state index >= 15 is 0 Å². The zero-order valence-electron chi connectivity index (χ0n) is 11.9. The van der Waals surface area contributed by atoms with Crippen LogP contribution in [0.5, 0.6) is 5.75 Å². The van der Waals surface area contributed by atoms with Crippen LogP contribution in [-0.4, -0.2) is 35.4 Å². The number of ether oxygens (including phenoxy) is 1. The van der Waals surface area contributed by atoms with Gasteiger partial charge in [0.25, 0.3) is 0 Å². The van der Waals surface area contributed by atoms with Gasteiger partial charge in [-0.1, -0.05) is 6.07 Å². The van der Waals surface area contributed by atoms with Gasteiger partial charge in [0.1, 0.15) is 5.75 Å². The first-order valence-electron chi connectivity index (χ1n) is 6.83. The predicted octanol–water partition coefficient (Wildman–Crippen LogP) is 2.30. The molecule has 114 valence electrons. The molecule has 1 aromatic rings. The monoisotopic (exact) mass is 309 g/mol. The van der Waals surface area contributed by atoms with Crippen molar-refractivity contribution in [3.8, 4) is 5.75 Å². The lowest BCUT2D eigenvalue weighted by Crippen LogP contribution is -2.55. The molecule has 0 unspecified atom stereocenters. The van der Waals surface area contributed by atoms with Crippen molar-refractivity contribution in [2.75, 3.05) is 12.9 Å². The number of hydrogen-bond acceptors (Lipinski definition) is 4. The Bertz CT molecular complexity index is 528. The lowest BCUT2D eigenvalue weighted by molar-refractivity contribution is -0.140. The molecular weight excluding hydrogens is 290 g/mol. The molecular formula is C15H19NO4S. The second kappa shape index (κ2) is 6.85. The number of carbonyl (C=O) groups is 2. The van der Waals surface area contributed by atoms with Gasteiger partial charge in [-0.3, -0.25) is 9.59 Å². The maximum absolute atomic E-state index is 12.0. The quantitative estimate of drug-likeness (QED) is 0.756. The van der Waals surface area contributed by atoms with E-state index in [-0.39, 0.29) is 18.1 Å². The Kier molecular flexibility index (Phi) is 5.12. The highest BCUT2D eigenvalue weighted by Crippen LogP contribution is 2.35. The second-order valence-electron chi connectivity index (χ2n) is 5.22. The van der Waals surface area contributed by atoms with Crippen LogP contribution in [0.4, 0.5) is 0 Å². The number of methoxy groups -OCH3 is 1. The number of rotatable bonds is 7. The van der Waals surface area contributed by atoms with E-state index in [2.05, 4.69) is 5.32 Å². The molecule has 6 heteroatoms. The highest BCUT2D eigenvalue weighted by atomic mass is 32.2. The van der Waals surface area contributed by atoms with Gasteiger partial charge in [-0.25, -0.2) is 0 Å². The van der Waals surface area contributed by atoms with Gasteiger partial charge in [-0.2, -0.15) is 0 Å². The highest BCUT2D eigenvalue weighted by molar-refractivity contribution is 8.00. The summed E-state index contributed by atoms with van der Waals surface area (Å²) < 4.78 is 5.13. The summed E-state index contributed by atoms with van der Waals surface area (Å²) in [5.74, 6) is 0.0371. The maximum atomic E-state index is 12.0. The van der Waals surface area contributed by atoms with Gasteiger partial charge < -0.3 is 15.2 Å². The third-order valence-corrected chi connectivity index (χ3v) is 4.61. The zero-order chi connectivity index (χ0) is 15.3. The molecule has 0 radical (unpaired) electrons. The minimum atomic E-state index is -0.865. The number of carboxylic acid groups (broad SMARTS) is 1. The van der Waals surface area contributed by atoms with Crippen molar-refractivity contribution in [3.63, 3.8) is 0 Å². The third kappa shape index (κ3) is 4.39. The fraction of sp³-hybridized carbons (Fsp3) is 0.467. The van der Waals surface area contributed by atoms with Crippen molar-refractivity contribution in [1.82, 2.24) is 5.32 Å².